The van der Waals surface area contributed by atoms with Gasteiger partial charge >= 0.3 is 0 Å². The first kappa shape index (κ1) is 14.4. The van der Waals surface area contributed by atoms with E-state index < -0.39 is 6.43 Å². The van der Waals surface area contributed by atoms with Crippen molar-refractivity contribution in [3.63, 3.8) is 0 Å². The number of halogens is 2. The summed E-state index contributed by atoms with van der Waals surface area (Å²) >= 11 is 0. The zero-order chi connectivity index (χ0) is 12.8. The van der Waals surface area contributed by atoms with E-state index in [1.165, 1.54) is 0 Å². The van der Waals surface area contributed by atoms with E-state index in [1.807, 2.05) is 6.92 Å². The minimum absolute atomic E-state index is 0.0122. The molecule has 0 aromatic carbocycles. The van der Waals surface area contributed by atoms with Gasteiger partial charge in [0.05, 0.1) is 6.54 Å². The largest absolute Gasteiger partial charge is 0.341 e. The summed E-state index contributed by atoms with van der Waals surface area (Å²) in [5.74, 6) is 0.543. The number of rotatable bonds is 5. The minimum Gasteiger partial charge on any atom is -0.341 e. The number of carbonyl (C=O) groups excluding carboxylic acids is 1. The standard InChI is InChI=1S/C12H22F2N2O/c1-3-9-5-10(15-6-11(13)14)8-16(7-9)12(17)4-2/h9-11,15H,3-8H2,1-2H3. The second-order valence-electron chi connectivity index (χ2n) is 4.66. The van der Waals surface area contributed by atoms with Gasteiger partial charge in [0.25, 0.3) is 6.43 Å². The second kappa shape index (κ2) is 6.89. The molecule has 1 amide bonds. The number of likely N-dealkylation sites (tertiary alicyclic amines) is 1. The number of nitrogens with zero attached hydrogens (tertiary/aromatic N) is 1. The molecule has 5 heteroatoms. The molecule has 0 aliphatic carbocycles. The number of piperidine rings is 1. The van der Waals surface area contributed by atoms with Crippen molar-refractivity contribution in [2.24, 2.45) is 5.92 Å². The van der Waals surface area contributed by atoms with Crippen molar-refractivity contribution in [2.75, 3.05) is 19.6 Å². The fourth-order valence-electron chi connectivity index (χ4n) is 2.33. The molecule has 1 fully saturated rings. The summed E-state index contributed by atoms with van der Waals surface area (Å²) in [6.07, 6.45) is 0.0297. The molecule has 2 atom stereocenters. The van der Waals surface area contributed by atoms with E-state index in [0.29, 0.717) is 18.9 Å². The van der Waals surface area contributed by atoms with Gasteiger partial charge in [-0.05, 0) is 12.3 Å². The van der Waals surface area contributed by atoms with Crippen molar-refractivity contribution in [3.8, 4) is 0 Å². The van der Waals surface area contributed by atoms with Crippen LogP contribution in [-0.2, 0) is 4.79 Å². The Morgan fingerprint density at radius 1 is 1.41 bits per heavy atom. The van der Waals surface area contributed by atoms with Crippen molar-refractivity contribution in [1.29, 1.82) is 0 Å². The van der Waals surface area contributed by atoms with E-state index in [-0.39, 0.29) is 18.5 Å². The molecule has 0 saturated carbocycles. The topological polar surface area (TPSA) is 32.3 Å². The van der Waals surface area contributed by atoms with Crippen molar-refractivity contribution >= 4 is 5.91 Å². The van der Waals surface area contributed by atoms with E-state index in [0.717, 1.165) is 19.4 Å². The highest BCUT2D eigenvalue weighted by atomic mass is 19.3. The van der Waals surface area contributed by atoms with Crippen LogP contribution in [0.15, 0.2) is 0 Å². The van der Waals surface area contributed by atoms with Crippen LogP contribution in [0.1, 0.15) is 33.1 Å². The summed E-state index contributed by atoms with van der Waals surface area (Å²) < 4.78 is 24.3. The van der Waals surface area contributed by atoms with Crippen molar-refractivity contribution in [3.05, 3.63) is 0 Å². The molecular formula is C12H22F2N2O. The van der Waals surface area contributed by atoms with E-state index in [4.69, 9.17) is 0 Å². The molecule has 0 spiro atoms. The minimum atomic E-state index is -2.33. The SMILES string of the molecule is CCC(=O)N1CC(CC)CC(NCC(F)F)C1. The Bertz CT molecular complexity index is 249. The molecule has 2 unspecified atom stereocenters. The molecule has 0 aromatic heterocycles. The fraction of sp³-hybridized carbons (Fsp3) is 0.917. The maximum absolute atomic E-state index is 12.1. The van der Waals surface area contributed by atoms with Crippen LogP contribution in [0.2, 0.25) is 0 Å². The van der Waals surface area contributed by atoms with Gasteiger partial charge in [-0.15, -0.1) is 0 Å². The van der Waals surface area contributed by atoms with E-state index in [1.54, 1.807) is 4.90 Å². The van der Waals surface area contributed by atoms with E-state index in [9.17, 15) is 13.6 Å². The summed E-state index contributed by atoms with van der Waals surface area (Å²) in [5.41, 5.74) is 0. The Morgan fingerprint density at radius 3 is 2.65 bits per heavy atom. The molecule has 1 aliphatic rings. The van der Waals surface area contributed by atoms with Crippen molar-refractivity contribution < 1.29 is 13.6 Å². The number of alkyl halides is 2. The molecule has 1 N–H and O–H groups in total. The third-order valence-electron chi connectivity index (χ3n) is 3.33. The average molecular weight is 248 g/mol. The van der Waals surface area contributed by atoms with Gasteiger partial charge in [-0.25, -0.2) is 8.78 Å². The number of carbonyl (C=O) groups is 1. The van der Waals surface area contributed by atoms with Gasteiger partial charge < -0.3 is 10.2 Å². The van der Waals surface area contributed by atoms with Crippen molar-refractivity contribution in [2.45, 2.75) is 45.6 Å². The van der Waals surface area contributed by atoms with Crippen LogP contribution in [0.4, 0.5) is 8.78 Å². The Balaban J connectivity index is 2.51. The lowest BCUT2D eigenvalue weighted by Gasteiger charge is -2.38. The normalized spacial score (nSPS) is 25.4. The van der Waals surface area contributed by atoms with Gasteiger partial charge in [-0.1, -0.05) is 20.3 Å². The third kappa shape index (κ3) is 4.58. The van der Waals surface area contributed by atoms with Crippen LogP contribution < -0.4 is 5.32 Å². The van der Waals surface area contributed by atoms with Gasteiger partial charge in [-0.2, -0.15) is 0 Å². The first-order valence-corrected chi connectivity index (χ1v) is 6.36. The first-order valence-electron chi connectivity index (χ1n) is 6.36. The Labute approximate surface area is 102 Å². The molecule has 0 aromatic rings. The first-order chi connectivity index (χ1) is 8.06. The Morgan fingerprint density at radius 2 is 2.12 bits per heavy atom. The maximum Gasteiger partial charge on any atom is 0.250 e. The molecule has 100 valence electrons. The highest BCUT2D eigenvalue weighted by Crippen LogP contribution is 2.20. The predicted molar refractivity (Wildman–Crippen MR) is 63.1 cm³/mol. The van der Waals surface area contributed by atoms with Gasteiger partial charge in [0.15, 0.2) is 0 Å². The van der Waals surface area contributed by atoms with Crippen molar-refractivity contribution in [1.82, 2.24) is 10.2 Å². The van der Waals surface area contributed by atoms with E-state index in [2.05, 4.69) is 12.2 Å². The maximum atomic E-state index is 12.1. The zero-order valence-electron chi connectivity index (χ0n) is 10.6. The van der Waals surface area contributed by atoms with Crippen LogP contribution in [0.3, 0.4) is 0 Å². The van der Waals surface area contributed by atoms with Crippen LogP contribution in [0, 0.1) is 5.92 Å². The lowest BCUT2D eigenvalue weighted by molar-refractivity contribution is -0.133. The summed E-state index contributed by atoms with van der Waals surface area (Å²) in [6.45, 7) is 4.97. The van der Waals surface area contributed by atoms with Crippen LogP contribution >= 0.6 is 0 Å². The van der Waals surface area contributed by atoms with Gasteiger partial charge in [0, 0.05) is 25.6 Å². The average Bonchev–Trinajstić information content (AvgIpc) is 2.34. The molecular weight excluding hydrogens is 226 g/mol. The molecule has 1 saturated heterocycles. The van der Waals surface area contributed by atoms with Gasteiger partial charge in [0.2, 0.25) is 5.91 Å². The molecule has 1 rings (SSSR count). The lowest BCUT2D eigenvalue weighted by atomic mass is 9.92. The summed E-state index contributed by atoms with van der Waals surface area (Å²) in [7, 11) is 0. The van der Waals surface area contributed by atoms with Crippen LogP contribution in [-0.4, -0.2) is 42.9 Å². The molecule has 0 radical (unpaired) electrons. The predicted octanol–water partition coefficient (Wildman–Crippen LogP) is 1.88. The van der Waals surface area contributed by atoms with Gasteiger partial charge in [-0.3, -0.25) is 4.79 Å². The molecule has 3 nitrogen and oxygen atoms in total. The Hall–Kier alpha value is -0.710. The third-order valence-corrected chi connectivity index (χ3v) is 3.33. The monoisotopic (exact) mass is 248 g/mol. The molecule has 1 aliphatic heterocycles. The highest BCUT2D eigenvalue weighted by molar-refractivity contribution is 5.76. The smallest absolute Gasteiger partial charge is 0.250 e. The fourth-order valence-corrected chi connectivity index (χ4v) is 2.33. The van der Waals surface area contributed by atoms with Crippen LogP contribution in [0.5, 0.6) is 0 Å². The van der Waals surface area contributed by atoms with Gasteiger partial charge in [0.1, 0.15) is 0 Å². The lowest BCUT2D eigenvalue weighted by Crippen LogP contribution is -2.51. The zero-order valence-corrected chi connectivity index (χ0v) is 10.6. The number of amides is 1. The summed E-state index contributed by atoms with van der Waals surface area (Å²) in [4.78, 5) is 13.5. The second-order valence-corrected chi connectivity index (χ2v) is 4.66. The highest BCUT2D eigenvalue weighted by Gasteiger charge is 2.28. The molecule has 17 heavy (non-hydrogen) atoms. The van der Waals surface area contributed by atoms with Crippen LogP contribution in [0.25, 0.3) is 0 Å². The number of hydrogen-bond donors (Lipinski definition) is 1. The molecule has 0 bridgehead atoms. The summed E-state index contributed by atoms with van der Waals surface area (Å²) in [5, 5.41) is 2.85. The number of nitrogens with one attached hydrogen (secondary N) is 1. The van der Waals surface area contributed by atoms with E-state index >= 15 is 0 Å². The summed E-state index contributed by atoms with van der Waals surface area (Å²) in [6, 6.07) is 0.0122. The molecule has 1 heterocycles. The quantitative estimate of drug-likeness (QED) is 0.805. The Kier molecular flexibility index (Phi) is 5.82. The number of hydrogen-bond acceptors (Lipinski definition) is 2.